The minimum atomic E-state index is -2.49. The fraction of sp³-hybridized carbons (Fsp3) is 0.933. The van der Waals surface area contributed by atoms with E-state index in [1.165, 1.54) is 38.5 Å². The van der Waals surface area contributed by atoms with Gasteiger partial charge in [0.2, 0.25) is 0 Å². The second-order valence-corrected chi connectivity index (χ2v) is 17.0. The third kappa shape index (κ3) is 15.8. The third-order valence-electron chi connectivity index (χ3n) is 7.35. The number of nitrogens with zero attached hydrogens (tertiary/aromatic N) is 2. The predicted octanol–water partition coefficient (Wildman–Crippen LogP) is 7.26. The van der Waals surface area contributed by atoms with Crippen molar-refractivity contribution in [3.63, 3.8) is 0 Å². The molecule has 0 radical (unpaired) electrons. The van der Waals surface area contributed by atoms with E-state index in [0.29, 0.717) is 39.6 Å². The highest BCUT2D eigenvalue weighted by Crippen LogP contribution is 2.22. The molecule has 0 N–H and O–H groups in total. The van der Waals surface area contributed by atoms with Crippen LogP contribution in [-0.4, -0.2) is 103 Å². The summed E-state index contributed by atoms with van der Waals surface area (Å²) in [4.78, 5) is 6.93. The minimum absolute atomic E-state index is 0.642. The van der Waals surface area contributed by atoms with E-state index in [1.807, 2.05) is 41.5 Å². The third-order valence-corrected chi connectivity index (χ3v) is 14.6. The molecule has 2 saturated heterocycles. The molecule has 0 aliphatic carbocycles. The molecule has 0 spiro atoms. The van der Waals surface area contributed by atoms with E-state index in [-0.39, 0.29) is 0 Å². The first kappa shape index (κ1) is 40.0. The van der Waals surface area contributed by atoms with Crippen LogP contribution in [0.2, 0.25) is 12.1 Å². The number of hydrogen-bond donors (Lipinski definition) is 0. The van der Waals surface area contributed by atoms with Gasteiger partial charge < -0.3 is 36.4 Å². The van der Waals surface area contributed by atoms with Gasteiger partial charge in [0.05, 0.1) is 9.98 Å². The van der Waals surface area contributed by atoms with Crippen molar-refractivity contribution in [1.82, 2.24) is 9.80 Å². The summed E-state index contributed by atoms with van der Waals surface area (Å²) >= 11 is 11.2. The Morgan fingerprint density at radius 2 is 0.738 bits per heavy atom. The van der Waals surface area contributed by atoms with E-state index in [4.69, 9.17) is 51.0 Å². The van der Waals surface area contributed by atoms with Crippen LogP contribution < -0.4 is 0 Å². The molecule has 2 heterocycles. The zero-order chi connectivity index (χ0) is 31.1. The van der Waals surface area contributed by atoms with E-state index in [0.717, 1.165) is 73.9 Å². The summed E-state index contributed by atoms with van der Waals surface area (Å²) in [6.45, 7) is 20.4. The highest BCUT2D eigenvalue weighted by molar-refractivity contribution is 7.80. The van der Waals surface area contributed by atoms with Gasteiger partial charge in [0.25, 0.3) is 0 Å². The average molecular weight is 667 g/mol. The van der Waals surface area contributed by atoms with Gasteiger partial charge in [-0.1, -0.05) is 24.4 Å². The molecule has 0 saturated carbocycles. The number of thiocarbonyl (C=S) groups is 2. The molecule has 0 amide bonds. The lowest BCUT2D eigenvalue weighted by molar-refractivity contribution is 0.0701. The van der Waals surface area contributed by atoms with E-state index in [2.05, 4.69) is 9.80 Å². The van der Waals surface area contributed by atoms with Crippen molar-refractivity contribution in [3.8, 4) is 0 Å². The SMILES string of the molecule is CCO[Si](CCCC(=S)N1CCCCC1)(OCC)OCC.CCO[Si](CCCC(=S)N1CCCCC1)(OCC)OCC. The maximum absolute atomic E-state index is 5.88. The Balaban J connectivity index is 0.000000420. The van der Waals surface area contributed by atoms with Crippen LogP contribution in [0.3, 0.4) is 0 Å². The Labute approximate surface area is 271 Å². The number of rotatable bonds is 20. The monoisotopic (exact) mass is 666 g/mol. The molecular weight excluding hydrogens is 605 g/mol. The van der Waals surface area contributed by atoms with Crippen LogP contribution in [0.5, 0.6) is 0 Å². The lowest BCUT2D eigenvalue weighted by Crippen LogP contribution is -2.46. The molecule has 248 valence electrons. The van der Waals surface area contributed by atoms with E-state index >= 15 is 0 Å². The molecule has 0 unspecified atom stereocenters. The highest BCUT2D eigenvalue weighted by Gasteiger charge is 2.40. The van der Waals surface area contributed by atoms with Gasteiger partial charge in [-0.25, -0.2) is 0 Å². The molecule has 0 aromatic heterocycles. The molecule has 0 aromatic carbocycles. The molecule has 2 fully saturated rings. The zero-order valence-electron chi connectivity index (χ0n) is 27.7. The van der Waals surface area contributed by atoms with Crippen molar-refractivity contribution in [2.24, 2.45) is 0 Å². The van der Waals surface area contributed by atoms with E-state index in [1.54, 1.807) is 0 Å². The van der Waals surface area contributed by atoms with Gasteiger partial charge in [0.1, 0.15) is 0 Å². The second kappa shape index (κ2) is 24.2. The molecular formula is C30H62N2O6S2Si2. The molecule has 2 aliphatic rings. The first-order valence-electron chi connectivity index (χ1n) is 16.7. The molecule has 12 heteroatoms. The van der Waals surface area contributed by atoms with Crippen LogP contribution in [0.15, 0.2) is 0 Å². The van der Waals surface area contributed by atoms with Crippen molar-refractivity contribution in [2.45, 2.75) is 118 Å². The number of likely N-dealkylation sites (tertiary alicyclic amines) is 2. The van der Waals surface area contributed by atoms with E-state index < -0.39 is 17.6 Å². The smallest absolute Gasteiger partial charge is 0.374 e. The first-order chi connectivity index (χ1) is 20.3. The van der Waals surface area contributed by atoms with Crippen LogP contribution in [0.4, 0.5) is 0 Å². The second-order valence-electron chi connectivity index (χ2n) is 10.6. The fourth-order valence-electron chi connectivity index (χ4n) is 5.52. The van der Waals surface area contributed by atoms with Gasteiger partial charge in [-0.3, -0.25) is 0 Å². The van der Waals surface area contributed by atoms with Crippen LogP contribution in [-0.2, 0) is 26.6 Å². The number of piperidine rings is 2. The molecule has 8 nitrogen and oxygen atoms in total. The van der Waals surface area contributed by atoms with Gasteiger partial charge in [0, 0.05) is 77.9 Å². The molecule has 2 rings (SSSR count). The van der Waals surface area contributed by atoms with Gasteiger partial charge in [-0.05, 0) is 106 Å². The van der Waals surface area contributed by atoms with Gasteiger partial charge >= 0.3 is 17.6 Å². The van der Waals surface area contributed by atoms with Crippen LogP contribution >= 0.6 is 24.4 Å². The lowest BCUT2D eigenvalue weighted by atomic mass is 10.1. The van der Waals surface area contributed by atoms with Gasteiger partial charge in [0.15, 0.2) is 0 Å². The van der Waals surface area contributed by atoms with Crippen molar-refractivity contribution in [1.29, 1.82) is 0 Å². The van der Waals surface area contributed by atoms with Crippen LogP contribution in [0.1, 0.15) is 106 Å². The largest absolute Gasteiger partial charge is 0.500 e. The number of hydrogen-bond acceptors (Lipinski definition) is 8. The summed E-state index contributed by atoms with van der Waals surface area (Å²) in [6, 6.07) is 1.72. The van der Waals surface area contributed by atoms with Gasteiger partial charge in [-0.15, -0.1) is 0 Å². The maximum Gasteiger partial charge on any atom is 0.500 e. The molecule has 42 heavy (non-hydrogen) atoms. The van der Waals surface area contributed by atoms with Crippen LogP contribution in [0, 0.1) is 0 Å². The summed E-state index contributed by atoms with van der Waals surface area (Å²) < 4.78 is 35.3. The Morgan fingerprint density at radius 3 is 0.976 bits per heavy atom. The standard InChI is InChI=1S/2C15H31NO3SSi/c2*1-4-17-21(18-5-2,19-6-3)14-10-11-15(20)16-12-8-7-9-13-16/h2*4-14H2,1-3H3. The summed E-state index contributed by atoms with van der Waals surface area (Å²) in [5.41, 5.74) is 0. The Hall–Kier alpha value is -0.0262. The topological polar surface area (TPSA) is 61.9 Å². The van der Waals surface area contributed by atoms with E-state index in [9.17, 15) is 0 Å². The minimum Gasteiger partial charge on any atom is -0.374 e. The fourth-order valence-corrected chi connectivity index (χ4v) is 11.4. The van der Waals surface area contributed by atoms with Crippen molar-refractivity contribution < 1.29 is 26.6 Å². The quantitative estimate of drug-likeness (QED) is 0.0981. The molecule has 0 aromatic rings. The Bertz CT molecular complexity index is 621. The summed E-state index contributed by atoms with van der Waals surface area (Å²) in [5, 5.41) is 0. The lowest BCUT2D eigenvalue weighted by Gasteiger charge is -2.31. The van der Waals surface area contributed by atoms with Crippen molar-refractivity contribution in [3.05, 3.63) is 0 Å². The summed E-state index contributed by atoms with van der Waals surface area (Å²) in [7, 11) is -4.98. The normalized spacial score (nSPS) is 16.2. The average Bonchev–Trinajstić information content (AvgIpc) is 2.99. The summed E-state index contributed by atoms with van der Waals surface area (Å²) in [5.74, 6) is 0. The Morgan fingerprint density at radius 1 is 0.476 bits per heavy atom. The maximum atomic E-state index is 5.88. The van der Waals surface area contributed by atoms with Crippen molar-refractivity contribution in [2.75, 3.05) is 65.8 Å². The highest BCUT2D eigenvalue weighted by atomic mass is 32.1. The van der Waals surface area contributed by atoms with Crippen molar-refractivity contribution >= 4 is 52.0 Å². The molecule has 0 atom stereocenters. The summed E-state index contributed by atoms with van der Waals surface area (Å²) in [6.07, 6.45) is 11.6. The Kier molecular flexibility index (Phi) is 23.1. The predicted molar refractivity (Wildman–Crippen MR) is 185 cm³/mol. The van der Waals surface area contributed by atoms with Crippen LogP contribution in [0.25, 0.3) is 0 Å². The first-order valence-corrected chi connectivity index (χ1v) is 21.4. The zero-order valence-corrected chi connectivity index (χ0v) is 31.3. The molecule has 0 bridgehead atoms. The molecule has 2 aliphatic heterocycles. The van der Waals surface area contributed by atoms with Gasteiger partial charge in [-0.2, -0.15) is 0 Å².